The predicted octanol–water partition coefficient (Wildman–Crippen LogP) is 1.78. The Hall–Kier alpha value is -1.07. The molecule has 0 aromatic carbocycles. The van der Waals surface area contributed by atoms with E-state index in [1.165, 1.54) is 5.57 Å². The van der Waals surface area contributed by atoms with E-state index in [9.17, 15) is 9.90 Å². The van der Waals surface area contributed by atoms with E-state index in [0.29, 0.717) is 6.54 Å². The third-order valence-corrected chi connectivity index (χ3v) is 4.98. The average Bonchev–Trinajstić information content (AvgIpc) is 2.53. The van der Waals surface area contributed by atoms with Gasteiger partial charge in [0, 0.05) is 44.7 Å². The summed E-state index contributed by atoms with van der Waals surface area (Å²) >= 11 is 0. The van der Waals surface area contributed by atoms with Crippen molar-refractivity contribution in [1.82, 2.24) is 14.7 Å². The van der Waals surface area contributed by atoms with Crippen LogP contribution in [0.2, 0.25) is 0 Å². The topological polar surface area (TPSA) is 47.0 Å². The van der Waals surface area contributed by atoms with E-state index < -0.39 is 0 Å². The van der Waals surface area contributed by atoms with Gasteiger partial charge in [0.15, 0.2) is 0 Å². The van der Waals surface area contributed by atoms with Crippen LogP contribution >= 0.6 is 0 Å². The zero-order valence-electron chi connectivity index (χ0n) is 14.3. The first-order chi connectivity index (χ1) is 10.5. The molecule has 2 heterocycles. The fourth-order valence-corrected chi connectivity index (χ4v) is 3.35. The maximum atomic E-state index is 12.7. The minimum absolute atomic E-state index is 0.155. The van der Waals surface area contributed by atoms with Gasteiger partial charge in [-0.1, -0.05) is 11.6 Å². The Labute approximate surface area is 134 Å². The van der Waals surface area contributed by atoms with Crippen LogP contribution in [0.1, 0.15) is 33.1 Å². The average molecular weight is 309 g/mol. The van der Waals surface area contributed by atoms with Gasteiger partial charge in [-0.15, -0.1) is 0 Å². The van der Waals surface area contributed by atoms with Crippen molar-refractivity contribution in [2.75, 3.05) is 52.9 Å². The van der Waals surface area contributed by atoms with Gasteiger partial charge < -0.3 is 19.8 Å². The Morgan fingerprint density at radius 1 is 1.14 bits per heavy atom. The first kappa shape index (κ1) is 17.3. The number of allylic oxidation sites excluding steroid dienone is 2. The highest BCUT2D eigenvalue weighted by molar-refractivity contribution is 5.74. The molecule has 2 saturated heterocycles. The summed E-state index contributed by atoms with van der Waals surface area (Å²) in [6.45, 7) is 9.34. The lowest BCUT2D eigenvalue weighted by Gasteiger charge is -2.44. The third-order valence-electron chi connectivity index (χ3n) is 4.98. The first-order valence-corrected chi connectivity index (χ1v) is 8.42. The van der Waals surface area contributed by atoms with Gasteiger partial charge in [-0.2, -0.15) is 0 Å². The Balaban J connectivity index is 1.99. The van der Waals surface area contributed by atoms with Gasteiger partial charge in [-0.3, -0.25) is 0 Å². The summed E-state index contributed by atoms with van der Waals surface area (Å²) in [5, 5.41) is 9.91. The number of carbonyl (C=O) groups excluding carboxylic acids is 1. The number of aliphatic hydroxyl groups excluding tert-OH is 1. The van der Waals surface area contributed by atoms with Crippen molar-refractivity contribution in [2.45, 2.75) is 33.1 Å². The van der Waals surface area contributed by atoms with E-state index in [-0.39, 0.29) is 18.1 Å². The van der Waals surface area contributed by atoms with Crippen molar-refractivity contribution in [3.05, 3.63) is 11.6 Å². The smallest absolute Gasteiger partial charge is 0.320 e. The number of urea groups is 1. The number of rotatable bonds is 3. The lowest BCUT2D eigenvalue weighted by Crippen LogP contribution is -2.56. The molecule has 0 radical (unpaired) electrons. The van der Waals surface area contributed by atoms with E-state index in [0.717, 1.165) is 52.0 Å². The molecule has 0 saturated carbocycles. The molecule has 2 fully saturated rings. The highest BCUT2D eigenvalue weighted by atomic mass is 16.3. The van der Waals surface area contributed by atoms with Gasteiger partial charge in [0.1, 0.15) is 0 Å². The van der Waals surface area contributed by atoms with Gasteiger partial charge >= 0.3 is 6.03 Å². The number of carbonyl (C=O) groups is 1. The maximum Gasteiger partial charge on any atom is 0.320 e. The number of piperazine rings is 1. The van der Waals surface area contributed by atoms with Crippen molar-refractivity contribution in [3.63, 3.8) is 0 Å². The van der Waals surface area contributed by atoms with Gasteiger partial charge in [0.05, 0.1) is 6.61 Å². The second kappa shape index (κ2) is 7.47. The van der Waals surface area contributed by atoms with Crippen LogP contribution in [0, 0.1) is 5.41 Å². The molecule has 0 aromatic heterocycles. The minimum atomic E-state index is -0.155. The lowest BCUT2D eigenvalue weighted by atomic mass is 9.77. The number of nitrogens with zero attached hydrogens (tertiary/aromatic N) is 3. The molecule has 0 aliphatic carbocycles. The van der Waals surface area contributed by atoms with Crippen LogP contribution < -0.4 is 0 Å². The van der Waals surface area contributed by atoms with Gasteiger partial charge in [0.2, 0.25) is 0 Å². The standard InChI is InChI=1S/C17H31N3O2/c1-15(2)5-7-17(14-21)6-4-8-20(13-17)16(22)19-11-9-18(3)10-12-19/h5,21H,4,6-14H2,1-3H3/t17-/m1/s1. The summed E-state index contributed by atoms with van der Waals surface area (Å²) in [7, 11) is 2.10. The third kappa shape index (κ3) is 4.23. The van der Waals surface area contributed by atoms with Crippen LogP contribution in [0.25, 0.3) is 0 Å². The highest BCUT2D eigenvalue weighted by Crippen LogP contribution is 2.34. The molecule has 5 nitrogen and oxygen atoms in total. The summed E-state index contributed by atoms with van der Waals surface area (Å²) in [4.78, 5) is 18.9. The van der Waals surface area contributed by atoms with E-state index in [4.69, 9.17) is 0 Å². The number of likely N-dealkylation sites (N-methyl/N-ethyl adjacent to an activating group) is 1. The molecule has 2 amide bonds. The normalized spacial score (nSPS) is 26.9. The molecule has 5 heteroatoms. The molecular formula is C17H31N3O2. The molecule has 0 unspecified atom stereocenters. The van der Waals surface area contributed by atoms with E-state index >= 15 is 0 Å². The van der Waals surface area contributed by atoms with Crippen molar-refractivity contribution in [2.24, 2.45) is 5.41 Å². The summed E-state index contributed by atoms with van der Waals surface area (Å²) in [6.07, 6.45) is 5.04. The van der Waals surface area contributed by atoms with Crippen LogP contribution in [0.5, 0.6) is 0 Å². The summed E-state index contributed by atoms with van der Waals surface area (Å²) in [6, 6.07) is 0.155. The summed E-state index contributed by atoms with van der Waals surface area (Å²) in [5.74, 6) is 0. The first-order valence-electron chi connectivity index (χ1n) is 8.42. The van der Waals surface area contributed by atoms with Crippen LogP contribution in [-0.2, 0) is 0 Å². The number of amides is 2. The van der Waals surface area contributed by atoms with Crippen molar-refractivity contribution in [1.29, 1.82) is 0 Å². The molecule has 0 spiro atoms. The maximum absolute atomic E-state index is 12.7. The molecule has 0 aromatic rings. The van der Waals surface area contributed by atoms with E-state index in [1.54, 1.807) is 0 Å². The van der Waals surface area contributed by atoms with Crippen LogP contribution in [-0.4, -0.2) is 78.8 Å². The van der Waals surface area contributed by atoms with Crippen molar-refractivity contribution in [3.8, 4) is 0 Å². The molecule has 2 aliphatic rings. The van der Waals surface area contributed by atoms with E-state index in [2.05, 4.69) is 31.9 Å². The molecule has 2 rings (SSSR count). The van der Waals surface area contributed by atoms with Gasteiger partial charge in [0.25, 0.3) is 0 Å². The highest BCUT2D eigenvalue weighted by Gasteiger charge is 2.37. The second-order valence-corrected chi connectivity index (χ2v) is 7.24. The number of hydrogen-bond donors (Lipinski definition) is 1. The van der Waals surface area contributed by atoms with Crippen molar-refractivity contribution >= 4 is 6.03 Å². The zero-order chi connectivity index (χ0) is 16.2. The quantitative estimate of drug-likeness (QED) is 0.809. The van der Waals surface area contributed by atoms with Gasteiger partial charge in [-0.05, 0) is 40.2 Å². The molecule has 1 N–H and O–H groups in total. The largest absolute Gasteiger partial charge is 0.396 e. The number of piperidine rings is 1. The molecule has 1 atom stereocenters. The Morgan fingerprint density at radius 2 is 1.82 bits per heavy atom. The predicted molar refractivity (Wildman–Crippen MR) is 88.8 cm³/mol. The fraction of sp³-hybridized carbons (Fsp3) is 0.824. The van der Waals surface area contributed by atoms with Crippen molar-refractivity contribution < 1.29 is 9.90 Å². The van der Waals surface area contributed by atoms with E-state index in [1.807, 2.05) is 9.80 Å². The summed E-state index contributed by atoms with van der Waals surface area (Å²) < 4.78 is 0. The second-order valence-electron chi connectivity index (χ2n) is 7.24. The monoisotopic (exact) mass is 309 g/mol. The lowest BCUT2D eigenvalue weighted by molar-refractivity contribution is 0.0361. The summed E-state index contributed by atoms with van der Waals surface area (Å²) in [5.41, 5.74) is 1.12. The van der Waals surface area contributed by atoms with Crippen LogP contribution in [0.4, 0.5) is 4.79 Å². The SMILES string of the molecule is CC(C)=CC[C@]1(CO)CCCN(C(=O)N2CCN(C)CC2)C1. The molecule has 126 valence electrons. The Kier molecular flexibility index (Phi) is 5.87. The number of hydrogen-bond acceptors (Lipinski definition) is 3. The minimum Gasteiger partial charge on any atom is -0.396 e. The molecule has 0 bridgehead atoms. The Bertz CT molecular complexity index is 412. The Morgan fingerprint density at radius 3 is 2.41 bits per heavy atom. The van der Waals surface area contributed by atoms with Crippen LogP contribution in [0.3, 0.4) is 0 Å². The number of likely N-dealkylation sites (tertiary alicyclic amines) is 1. The molecular weight excluding hydrogens is 278 g/mol. The fourth-order valence-electron chi connectivity index (χ4n) is 3.35. The van der Waals surface area contributed by atoms with Crippen LogP contribution in [0.15, 0.2) is 11.6 Å². The molecule has 22 heavy (non-hydrogen) atoms. The molecule has 2 aliphatic heterocycles. The van der Waals surface area contributed by atoms with Gasteiger partial charge in [-0.25, -0.2) is 4.79 Å². The zero-order valence-corrected chi connectivity index (χ0v) is 14.3. The number of aliphatic hydroxyl groups is 1.